The van der Waals surface area contributed by atoms with Gasteiger partial charge in [0, 0.05) is 11.3 Å². The van der Waals surface area contributed by atoms with Gasteiger partial charge in [-0.2, -0.15) is 4.98 Å². The Balaban J connectivity index is 1.86. The number of benzene rings is 1. The quantitative estimate of drug-likeness (QED) is 0.806. The van der Waals surface area contributed by atoms with Crippen molar-refractivity contribution in [2.24, 2.45) is 0 Å². The zero-order valence-corrected chi connectivity index (χ0v) is 11.3. The Hall–Kier alpha value is -2.10. The van der Waals surface area contributed by atoms with E-state index in [1.807, 2.05) is 13.0 Å². The Morgan fingerprint density at radius 2 is 1.63 bits per heavy atom. The van der Waals surface area contributed by atoms with Gasteiger partial charge in [0.2, 0.25) is 5.95 Å². The minimum atomic E-state index is 0.253. The van der Waals surface area contributed by atoms with Gasteiger partial charge in [-0.05, 0) is 38.2 Å². The Morgan fingerprint density at radius 1 is 0.947 bits per heavy atom. The van der Waals surface area contributed by atoms with Crippen LogP contribution in [0.2, 0.25) is 0 Å². The maximum atomic E-state index is 5.88. The Morgan fingerprint density at radius 3 is 2.32 bits per heavy atom. The maximum Gasteiger partial charge on any atom is 0.222 e. The fourth-order valence-corrected chi connectivity index (χ4v) is 2.23. The number of unbranched alkanes of at least 4 members (excludes halogenated alkanes) is 1. The smallest absolute Gasteiger partial charge is 0.222 e. The molecule has 100 valence electrons. The van der Waals surface area contributed by atoms with E-state index in [-0.39, 0.29) is 5.95 Å². The number of hydrogen-bond acceptors (Lipinski definition) is 4. The normalized spacial score (nSPS) is 10.6. The first-order valence-electron chi connectivity index (χ1n) is 6.59. The summed E-state index contributed by atoms with van der Waals surface area (Å²) >= 11 is 0. The van der Waals surface area contributed by atoms with Gasteiger partial charge < -0.3 is 11.5 Å². The van der Waals surface area contributed by atoms with Crippen LogP contribution in [0.5, 0.6) is 0 Å². The van der Waals surface area contributed by atoms with Crippen LogP contribution in [0.4, 0.5) is 11.8 Å². The summed E-state index contributed by atoms with van der Waals surface area (Å²) in [5.74, 6) is 0.771. The zero-order valence-electron chi connectivity index (χ0n) is 11.3. The molecule has 0 bridgehead atoms. The number of aryl methyl sites for hydroxylation is 2. The fraction of sp³-hybridized carbons (Fsp3) is 0.333. The lowest BCUT2D eigenvalue weighted by atomic mass is 10.0. The molecule has 0 unspecified atom stereocenters. The minimum Gasteiger partial charge on any atom is -0.383 e. The second-order valence-corrected chi connectivity index (χ2v) is 4.72. The van der Waals surface area contributed by atoms with Crippen LogP contribution in [0.3, 0.4) is 0 Å². The molecular formula is C15H20N4. The molecule has 2 rings (SSSR count). The highest BCUT2D eigenvalue weighted by molar-refractivity contribution is 5.45. The molecule has 0 radical (unpaired) electrons. The van der Waals surface area contributed by atoms with Crippen LogP contribution in [0.15, 0.2) is 30.3 Å². The topological polar surface area (TPSA) is 77.8 Å². The highest BCUT2D eigenvalue weighted by atomic mass is 15.0. The van der Waals surface area contributed by atoms with Gasteiger partial charge in [0.15, 0.2) is 0 Å². The van der Waals surface area contributed by atoms with Crippen LogP contribution in [0.25, 0.3) is 0 Å². The van der Waals surface area contributed by atoms with E-state index in [4.69, 9.17) is 11.5 Å². The summed E-state index contributed by atoms with van der Waals surface area (Å²) in [5, 5.41) is 0. The van der Waals surface area contributed by atoms with Crippen molar-refractivity contribution >= 4 is 11.8 Å². The van der Waals surface area contributed by atoms with Crippen molar-refractivity contribution in [3.05, 3.63) is 47.2 Å². The Bertz CT molecular complexity index is 514. The number of nitrogen functional groups attached to an aromatic ring is 2. The summed E-state index contributed by atoms with van der Waals surface area (Å²) in [5.41, 5.74) is 14.7. The van der Waals surface area contributed by atoms with Gasteiger partial charge >= 0.3 is 0 Å². The van der Waals surface area contributed by atoms with Gasteiger partial charge in [-0.3, -0.25) is 0 Å². The lowest BCUT2D eigenvalue weighted by Crippen LogP contribution is -2.07. The lowest BCUT2D eigenvalue weighted by molar-refractivity contribution is 0.728. The van der Waals surface area contributed by atoms with Crippen LogP contribution in [-0.2, 0) is 12.8 Å². The molecule has 0 saturated carbocycles. The monoisotopic (exact) mass is 256 g/mol. The van der Waals surface area contributed by atoms with Crippen molar-refractivity contribution in [3.63, 3.8) is 0 Å². The molecule has 19 heavy (non-hydrogen) atoms. The van der Waals surface area contributed by atoms with Gasteiger partial charge in [-0.15, -0.1) is 0 Å². The van der Waals surface area contributed by atoms with E-state index >= 15 is 0 Å². The largest absolute Gasteiger partial charge is 0.383 e. The van der Waals surface area contributed by atoms with E-state index in [9.17, 15) is 0 Å². The summed E-state index contributed by atoms with van der Waals surface area (Å²) in [6.07, 6.45) is 4.21. The van der Waals surface area contributed by atoms with Crippen LogP contribution in [0.1, 0.15) is 29.7 Å². The van der Waals surface area contributed by atoms with Gasteiger partial charge in [-0.1, -0.05) is 30.3 Å². The molecule has 0 fully saturated rings. The van der Waals surface area contributed by atoms with Crippen LogP contribution < -0.4 is 11.5 Å². The highest BCUT2D eigenvalue weighted by Gasteiger charge is 2.07. The predicted octanol–water partition coefficient (Wildman–Crippen LogP) is 2.51. The first-order chi connectivity index (χ1) is 9.16. The summed E-state index contributed by atoms with van der Waals surface area (Å²) in [7, 11) is 0. The summed E-state index contributed by atoms with van der Waals surface area (Å²) in [4.78, 5) is 8.17. The molecule has 1 heterocycles. The molecule has 4 nitrogen and oxygen atoms in total. The van der Waals surface area contributed by atoms with E-state index in [0.29, 0.717) is 5.82 Å². The average molecular weight is 256 g/mol. The van der Waals surface area contributed by atoms with Crippen molar-refractivity contribution in [3.8, 4) is 0 Å². The Kier molecular flexibility index (Phi) is 4.34. The molecular weight excluding hydrogens is 236 g/mol. The van der Waals surface area contributed by atoms with Crippen LogP contribution in [0, 0.1) is 6.92 Å². The maximum absolute atomic E-state index is 5.88. The number of nitrogens with zero attached hydrogens (tertiary/aromatic N) is 2. The predicted molar refractivity (Wildman–Crippen MR) is 78.7 cm³/mol. The molecule has 0 spiro atoms. The van der Waals surface area contributed by atoms with Gasteiger partial charge in [0.1, 0.15) is 5.82 Å². The first-order valence-corrected chi connectivity index (χ1v) is 6.59. The second-order valence-electron chi connectivity index (χ2n) is 4.72. The molecule has 4 heteroatoms. The lowest BCUT2D eigenvalue weighted by Gasteiger charge is -2.08. The Labute approximate surface area is 113 Å². The summed E-state index contributed by atoms with van der Waals surface area (Å²) in [6, 6.07) is 10.5. The summed E-state index contributed by atoms with van der Waals surface area (Å²) in [6.45, 7) is 1.93. The van der Waals surface area contributed by atoms with Crippen LogP contribution >= 0.6 is 0 Å². The zero-order chi connectivity index (χ0) is 13.7. The number of anilines is 2. The SMILES string of the molecule is Cc1nc(N)nc(N)c1CCCCc1ccccc1. The molecule has 2 aromatic rings. The van der Waals surface area contributed by atoms with E-state index in [1.165, 1.54) is 5.56 Å². The molecule has 0 amide bonds. The second kappa shape index (κ2) is 6.18. The van der Waals surface area contributed by atoms with E-state index in [0.717, 1.165) is 36.9 Å². The number of hydrogen-bond donors (Lipinski definition) is 2. The molecule has 0 atom stereocenters. The van der Waals surface area contributed by atoms with Crippen molar-refractivity contribution in [2.75, 3.05) is 11.5 Å². The molecule has 1 aromatic carbocycles. The third-order valence-corrected chi connectivity index (χ3v) is 3.25. The molecule has 1 aromatic heterocycles. The first kappa shape index (κ1) is 13.3. The number of rotatable bonds is 5. The van der Waals surface area contributed by atoms with Crippen molar-refractivity contribution in [1.29, 1.82) is 0 Å². The third kappa shape index (κ3) is 3.68. The molecule has 4 N–H and O–H groups in total. The van der Waals surface area contributed by atoms with Crippen LogP contribution in [-0.4, -0.2) is 9.97 Å². The minimum absolute atomic E-state index is 0.253. The van der Waals surface area contributed by atoms with Crippen molar-refractivity contribution in [2.45, 2.75) is 32.6 Å². The summed E-state index contributed by atoms with van der Waals surface area (Å²) < 4.78 is 0. The third-order valence-electron chi connectivity index (χ3n) is 3.25. The molecule has 0 aliphatic carbocycles. The average Bonchev–Trinajstić information content (AvgIpc) is 2.38. The van der Waals surface area contributed by atoms with Crippen molar-refractivity contribution < 1.29 is 0 Å². The van der Waals surface area contributed by atoms with E-state index < -0.39 is 0 Å². The highest BCUT2D eigenvalue weighted by Crippen LogP contribution is 2.17. The number of aromatic nitrogens is 2. The number of nitrogens with two attached hydrogens (primary N) is 2. The standard InChI is InChI=1S/C15H20N4/c1-11-13(14(16)19-15(17)18-11)10-6-5-9-12-7-3-2-4-8-12/h2-4,7-8H,5-6,9-10H2,1H3,(H4,16,17,18,19). The van der Waals surface area contributed by atoms with E-state index in [1.54, 1.807) is 0 Å². The van der Waals surface area contributed by atoms with Crippen molar-refractivity contribution in [1.82, 2.24) is 9.97 Å². The molecule has 0 aliphatic heterocycles. The van der Waals surface area contributed by atoms with E-state index in [2.05, 4.69) is 34.2 Å². The molecule has 0 saturated heterocycles. The van der Waals surface area contributed by atoms with Gasteiger partial charge in [-0.25, -0.2) is 4.98 Å². The van der Waals surface area contributed by atoms with Gasteiger partial charge in [0.05, 0.1) is 0 Å². The van der Waals surface area contributed by atoms with Gasteiger partial charge in [0.25, 0.3) is 0 Å². The molecule has 0 aliphatic rings. The fourth-order valence-electron chi connectivity index (χ4n) is 2.23.